The SMILES string of the molecule is CC(C)C(=O)Nc1cccc(C2CCN(CCCCCO)CC2)c1. The van der Waals surface area contributed by atoms with Gasteiger partial charge in [-0.2, -0.15) is 0 Å². The predicted molar refractivity (Wildman–Crippen MR) is 99.3 cm³/mol. The molecule has 0 unspecified atom stereocenters. The number of benzene rings is 1. The number of nitrogens with zero attached hydrogens (tertiary/aromatic N) is 1. The first-order valence-corrected chi connectivity index (χ1v) is 9.34. The van der Waals surface area contributed by atoms with Gasteiger partial charge in [0.15, 0.2) is 0 Å². The number of anilines is 1. The van der Waals surface area contributed by atoms with Gasteiger partial charge in [0, 0.05) is 18.2 Å². The van der Waals surface area contributed by atoms with Crippen molar-refractivity contribution in [2.24, 2.45) is 5.92 Å². The zero-order valence-electron chi connectivity index (χ0n) is 15.1. The van der Waals surface area contributed by atoms with Crippen molar-refractivity contribution in [2.75, 3.05) is 31.6 Å². The summed E-state index contributed by atoms with van der Waals surface area (Å²) in [5.74, 6) is 0.669. The van der Waals surface area contributed by atoms with Crippen LogP contribution in [-0.2, 0) is 4.79 Å². The van der Waals surface area contributed by atoms with Gasteiger partial charge in [0.1, 0.15) is 0 Å². The van der Waals surface area contributed by atoms with Crippen LogP contribution in [-0.4, -0.2) is 42.2 Å². The lowest BCUT2D eigenvalue weighted by atomic mass is 9.89. The molecule has 4 heteroatoms. The molecule has 2 N–H and O–H groups in total. The Bertz CT molecular complexity index is 508. The summed E-state index contributed by atoms with van der Waals surface area (Å²) < 4.78 is 0. The van der Waals surface area contributed by atoms with Gasteiger partial charge in [0.25, 0.3) is 0 Å². The summed E-state index contributed by atoms with van der Waals surface area (Å²) in [6.07, 6.45) is 5.59. The molecule has 0 spiro atoms. The number of hydrogen-bond donors (Lipinski definition) is 2. The molecule has 1 aliphatic rings. The molecular weight excluding hydrogens is 300 g/mol. The van der Waals surface area contributed by atoms with Crippen LogP contribution >= 0.6 is 0 Å². The van der Waals surface area contributed by atoms with E-state index in [0.717, 1.165) is 38.2 Å². The Morgan fingerprint density at radius 3 is 2.67 bits per heavy atom. The first-order valence-electron chi connectivity index (χ1n) is 9.34. The summed E-state index contributed by atoms with van der Waals surface area (Å²) in [6.45, 7) is 7.58. The number of carbonyl (C=O) groups is 1. The van der Waals surface area contributed by atoms with Gasteiger partial charge in [0.05, 0.1) is 0 Å². The van der Waals surface area contributed by atoms with Gasteiger partial charge < -0.3 is 15.3 Å². The molecule has 2 rings (SSSR count). The van der Waals surface area contributed by atoms with E-state index in [2.05, 4.69) is 22.3 Å². The second kappa shape index (κ2) is 9.80. The van der Waals surface area contributed by atoms with E-state index in [1.807, 2.05) is 26.0 Å². The van der Waals surface area contributed by atoms with Crippen molar-refractivity contribution in [3.63, 3.8) is 0 Å². The number of hydrogen-bond acceptors (Lipinski definition) is 3. The quantitative estimate of drug-likeness (QED) is 0.715. The third-order valence-electron chi connectivity index (χ3n) is 4.87. The van der Waals surface area contributed by atoms with E-state index in [-0.39, 0.29) is 11.8 Å². The summed E-state index contributed by atoms with van der Waals surface area (Å²) in [7, 11) is 0. The average Bonchev–Trinajstić information content (AvgIpc) is 2.59. The largest absolute Gasteiger partial charge is 0.396 e. The number of nitrogens with one attached hydrogen (secondary N) is 1. The topological polar surface area (TPSA) is 52.6 Å². The molecule has 1 aromatic carbocycles. The van der Waals surface area contributed by atoms with Crippen LogP contribution in [0.3, 0.4) is 0 Å². The van der Waals surface area contributed by atoms with E-state index in [1.165, 1.54) is 24.8 Å². The zero-order chi connectivity index (χ0) is 17.4. The van der Waals surface area contributed by atoms with E-state index < -0.39 is 0 Å². The van der Waals surface area contributed by atoms with Crippen molar-refractivity contribution in [3.8, 4) is 0 Å². The smallest absolute Gasteiger partial charge is 0.226 e. The fourth-order valence-electron chi connectivity index (χ4n) is 3.27. The number of unbranched alkanes of at least 4 members (excludes halogenated alkanes) is 2. The maximum Gasteiger partial charge on any atom is 0.226 e. The number of carbonyl (C=O) groups excluding carboxylic acids is 1. The minimum Gasteiger partial charge on any atom is -0.396 e. The lowest BCUT2D eigenvalue weighted by Crippen LogP contribution is -2.33. The van der Waals surface area contributed by atoms with Gasteiger partial charge in [-0.25, -0.2) is 0 Å². The number of aliphatic hydroxyl groups excluding tert-OH is 1. The highest BCUT2D eigenvalue weighted by molar-refractivity contribution is 5.92. The van der Waals surface area contributed by atoms with Crippen LogP contribution in [0.4, 0.5) is 5.69 Å². The first-order chi connectivity index (χ1) is 11.6. The van der Waals surface area contributed by atoms with Crippen LogP contribution in [0.2, 0.25) is 0 Å². The molecule has 1 aliphatic heterocycles. The van der Waals surface area contributed by atoms with Crippen LogP contribution in [0.25, 0.3) is 0 Å². The first kappa shape index (κ1) is 18.9. The zero-order valence-corrected chi connectivity index (χ0v) is 15.1. The Hall–Kier alpha value is -1.39. The fraction of sp³-hybridized carbons (Fsp3) is 0.650. The van der Waals surface area contributed by atoms with E-state index in [9.17, 15) is 4.79 Å². The van der Waals surface area contributed by atoms with Crippen molar-refractivity contribution in [1.82, 2.24) is 4.90 Å². The maximum absolute atomic E-state index is 11.9. The monoisotopic (exact) mass is 332 g/mol. The number of amides is 1. The molecule has 0 bridgehead atoms. The molecule has 24 heavy (non-hydrogen) atoms. The molecule has 4 nitrogen and oxygen atoms in total. The summed E-state index contributed by atoms with van der Waals surface area (Å²) in [4.78, 5) is 14.4. The second-order valence-corrected chi connectivity index (χ2v) is 7.17. The number of aliphatic hydroxyl groups is 1. The molecule has 0 aliphatic carbocycles. The highest BCUT2D eigenvalue weighted by Gasteiger charge is 2.20. The lowest BCUT2D eigenvalue weighted by Gasteiger charge is -2.32. The molecule has 0 saturated carbocycles. The molecule has 134 valence electrons. The molecule has 1 saturated heterocycles. The second-order valence-electron chi connectivity index (χ2n) is 7.17. The van der Waals surface area contributed by atoms with Crippen molar-refractivity contribution in [1.29, 1.82) is 0 Å². The van der Waals surface area contributed by atoms with Crippen LogP contribution in [0, 0.1) is 5.92 Å². The van der Waals surface area contributed by atoms with Crippen molar-refractivity contribution in [2.45, 2.75) is 51.9 Å². The Morgan fingerprint density at radius 2 is 2.00 bits per heavy atom. The summed E-state index contributed by atoms with van der Waals surface area (Å²) in [6, 6.07) is 8.35. The molecule has 1 heterocycles. The molecule has 1 fully saturated rings. The minimum absolute atomic E-state index is 0.00253. The normalized spacial score (nSPS) is 16.5. The van der Waals surface area contributed by atoms with Gasteiger partial charge in [-0.3, -0.25) is 4.79 Å². The van der Waals surface area contributed by atoms with Gasteiger partial charge in [-0.15, -0.1) is 0 Å². The molecule has 1 amide bonds. The number of likely N-dealkylation sites (tertiary alicyclic amines) is 1. The predicted octanol–water partition coefficient (Wildman–Crippen LogP) is 3.62. The average molecular weight is 332 g/mol. The summed E-state index contributed by atoms with van der Waals surface area (Å²) in [5, 5.41) is 11.8. The Kier molecular flexibility index (Phi) is 7.73. The molecule has 0 radical (unpaired) electrons. The van der Waals surface area contributed by atoms with Crippen molar-refractivity contribution >= 4 is 11.6 Å². The Balaban J connectivity index is 1.82. The van der Waals surface area contributed by atoms with Crippen LogP contribution in [0.1, 0.15) is 57.4 Å². The molecule has 1 aromatic rings. The summed E-state index contributed by atoms with van der Waals surface area (Å²) in [5.41, 5.74) is 2.26. The van der Waals surface area contributed by atoms with Gasteiger partial charge in [-0.1, -0.05) is 26.0 Å². The maximum atomic E-state index is 11.9. The Labute approximate surface area is 146 Å². The van der Waals surface area contributed by atoms with E-state index in [0.29, 0.717) is 12.5 Å². The highest BCUT2D eigenvalue weighted by Crippen LogP contribution is 2.29. The van der Waals surface area contributed by atoms with Gasteiger partial charge in [-0.05, 0) is 75.4 Å². The third-order valence-corrected chi connectivity index (χ3v) is 4.87. The van der Waals surface area contributed by atoms with E-state index in [4.69, 9.17) is 5.11 Å². The minimum atomic E-state index is 0.00253. The van der Waals surface area contributed by atoms with Crippen molar-refractivity contribution in [3.05, 3.63) is 29.8 Å². The Morgan fingerprint density at radius 1 is 1.25 bits per heavy atom. The number of rotatable bonds is 8. The lowest BCUT2D eigenvalue weighted by molar-refractivity contribution is -0.118. The third kappa shape index (κ3) is 5.91. The van der Waals surface area contributed by atoms with E-state index >= 15 is 0 Å². The van der Waals surface area contributed by atoms with Crippen LogP contribution in [0.15, 0.2) is 24.3 Å². The van der Waals surface area contributed by atoms with Crippen LogP contribution < -0.4 is 5.32 Å². The summed E-state index contributed by atoms with van der Waals surface area (Å²) >= 11 is 0. The molecule has 0 atom stereocenters. The highest BCUT2D eigenvalue weighted by atomic mass is 16.2. The van der Waals surface area contributed by atoms with Gasteiger partial charge in [0.2, 0.25) is 5.91 Å². The van der Waals surface area contributed by atoms with Gasteiger partial charge >= 0.3 is 0 Å². The standard InChI is InChI=1S/C20H32N2O2/c1-16(2)20(24)21-19-8-6-7-18(15-19)17-9-12-22(13-10-17)11-4-3-5-14-23/h6-8,15-17,23H,3-5,9-14H2,1-2H3,(H,21,24). The molecular formula is C20H32N2O2. The van der Waals surface area contributed by atoms with E-state index in [1.54, 1.807) is 0 Å². The van der Waals surface area contributed by atoms with Crippen LogP contribution in [0.5, 0.6) is 0 Å². The fourth-order valence-corrected chi connectivity index (χ4v) is 3.27. The molecule has 0 aromatic heterocycles. The number of piperidine rings is 1. The van der Waals surface area contributed by atoms with Crippen molar-refractivity contribution < 1.29 is 9.90 Å².